The van der Waals surface area contributed by atoms with E-state index in [1.807, 2.05) is 19.3 Å². The number of hydrogen-bond donors (Lipinski definition) is 1. The van der Waals surface area contributed by atoms with Crippen LogP contribution < -0.4 is 10.5 Å². The summed E-state index contributed by atoms with van der Waals surface area (Å²) in [7, 11) is 1.84. The van der Waals surface area contributed by atoms with E-state index in [1.165, 1.54) is 5.56 Å². The summed E-state index contributed by atoms with van der Waals surface area (Å²) in [6.45, 7) is 8.66. The summed E-state index contributed by atoms with van der Waals surface area (Å²) in [4.78, 5) is 21.9. The molecule has 4 heterocycles. The molecule has 1 N–H and O–H groups in total. The van der Waals surface area contributed by atoms with Gasteiger partial charge in [-0.2, -0.15) is 9.73 Å². The van der Waals surface area contributed by atoms with Crippen molar-refractivity contribution in [3.63, 3.8) is 0 Å². The largest absolute Gasteiger partial charge is 0.368 e. The maximum atomic E-state index is 12.5. The zero-order valence-corrected chi connectivity index (χ0v) is 19.3. The Morgan fingerprint density at radius 1 is 1.09 bits per heavy atom. The molecule has 1 aliphatic rings. The Morgan fingerprint density at radius 3 is 2.64 bits per heavy atom. The average Bonchev–Trinajstić information content (AvgIpc) is 3.44. The number of fused-ring (bicyclic) bond motifs is 1. The summed E-state index contributed by atoms with van der Waals surface area (Å²) < 4.78 is 3.33. The summed E-state index contributed by atoms with van der Waals surface area (Å²) in [5.74, 6) is 1.20. The van der Waals surface area contributed by atoms with Crippen LogP contribution >= 0.6 is 0 Å². The monoisotopic (exact) mass is 447 g/mol. The third kappa shape index (κ3) is 4.38. The first-order valence-corrected chi connectivity index (χ1v) is 11.4. The Balaban J connectivity index is 1.33. The summed E-state index contributed by atoms with van der Waals surface area (Å²) in [6, 6.07) is 10.1. The molecule has 0 aliphatic carbocycles. The van der Waals surface area contributed by atoms with Crippen LogP contribution in [0.15, 0.2) is 41.3 Å². The normalized spacial score (nSPS) is 15.1. The minimum atomic E-state index is -0.0483. The zero-order chi connectivity index (χ0) is 22.9. The number of aromatic amines is 1. The number of tetrazole rings is 1. The lowest BCUT2D eigenvalue weighted by molar-refractivity contribution is 0.247. The van der Waals surface area contributed by atoms with Gasteiger partial charge in [-0.1, -0.05) is 19.9 Å². The van der Waals surface area contributed by atoms with E-state index in [-0.39, 0.29) is 5.56 Å². The van der Waals surface area contributed by atoms with E-state index in [4.69, 9.17) is 0 Å². The number of nitrogens with one attached hydrogen (secondary N) is 1. The molecule has 0 saturated carbocycles. The molecule has 0 unspecified atom stereocenters. The summed E-state index contributed by atoms with van der Waals surface area (Å²) in [5, 5.41) is 14.7. The van der Waals surface area contributed by atoms with Gasteiger partial charge >= 0.3 is 0 Å². The van der Waals surface area contributed by atoms with Gasteiger partial charge in [-0.05, 0) is 35.2 Å². The number of rotatable bonds is 6. The molecule has 1 aliphatic heterocycles. The highest BCUT2D eigenvalue weighted by Crippen LogP contribution is 2.31. The highest BCUT2D eigenvalue weighted by molar-refractivity contribution is 5.75. The van der Waals surface area contributed by atoms with Crippen LogP contribution in [0.2, 0.25) is 0 Å². The summed E-state index contributed by atoms with van der Waals surface area (Å²) in [5.41, 5.74) is 4.91. The Kier molecular flexibility index (Phi) is 5.67. The van der Waals surface area contributed by atoms with Crippen molar-refractivity contribution >= 4 is 11.3 Å². The predicted molar refractivity (Wildman–Crippen MR) is 126 cm³/mol. The fraction of sp³-hybridized carbons (Fsp3) is 0.435. The molecule has 172 valence electrons. The smallest absolute Gasteiger partial charge is 0.273 e. The first kappa shape index (κ1) is 21.3. The van der Waals surface area contributed by atoms with Gasteiger partial charge in [0.25, 0.3) is 5.56 Å². The summed E-state index contributed by atoms with van der Waals surface area (Å²) >= 11 is 0. The maximum absolute atomic E-state index is 12.5. The van der Waals surface area contributed by atoms with Gasteiger partial charge in [0.05, 0.1) is 5.69 Å². The molecule has 1 saturated heterocycles. The Morgan fingerprint density at radius 2 is 1.91 bits per heavy atom. The SMILES string of the molecule is CC(C)Cc1ccc(-c2nn[nH]n2)c(N2CCN(Cc3cc(=O)n4c(ccn4C)n3)CC2)c1. The second kappa shape index (κ2) is 8.78. The van der Waals surface area contributed by atoms with E-state index in [9.17, 15) is 4.79 Å². The van der Waals surface area contributed by atoms with Gasteiger partial charge in [-0.25, -0.2) is 4.98 Å². The van der Waals surface area contributed by atoms with Crippen LogP contribution in [-0.4, -0.2) is 65.9 Å². The third-order valence-electron chi connectivity index (χ3n) is 6.12. The van der Waals surface area contributed by atoms with Crippen molar-refractivity contribution in [3.05, 3.63) is 58.1 Å². The number of aryl methyl sites for hydroxylation is 1. The second-order valence-corrected chi connectivity index (χ2v) is 9.09. The topological polar surface area (TPSA) is 100 Å². The molecule has 0 bridgehead atoms. The number of nitrogens with zero attached hydrogens (tertiary/aromatic N) is 8. The van der Waals surface area contributed by atoms with E-state index in [0.717, 1.165) is 49.5 Å². The van der Waals surface area contributed by atoms with E-state index in [1.54, 1.807) is 15.3 Å². The molecule has 1 fully saturated rings. The minimum absolute atomic E-state index is 0.0483. The van der Waals surface area contributed by atoms with Crippen LogP contribution in [0.5, 0.6) is 0 Å². The minimum Gasteiger partial charge on any atom is -0.368 e. The molecule has 10 nitrogen and oxygen atoms in total. The van der Waals surface area contributed by atoms with Gasteiger partial charge in [0.15, 0.2) is 5.65 Å². The zero-order valence-electron chi connectivity index (χ0n) is 19.3. The molecule has 0 spiro atoms. The lowest BCUT2D eigenvalue weighted by Gasteiger charge is -2.36. The van der Waals surface area contributed by atoms with Gasteiger partial charge in [0.2, 0.25) is 5.82 Å². The number of piperazine rings is 1. The van der Waals surface area contributed by atoms with Crippen LogP contribution in [-0.2, 0) is 20.0 Å². The third-order valence-corrected chi connectivity index (χ3v) is 6.12. The van der Waals surface area contributed by atoms with Crippen molar-refractivity contribution in [1.82, 2.24) is 39.7 Å². The van der Waals surface area contributed by atoms with Crippen LogP contribution in [0.1, 0.15) is 25.1 Å². The molecule has 0 radical (unpaired) electrons. The molecule has 4 aromatic rings. The predicted octanol–water partition coefficient (Wildman–Crippen LogP) is 1.73. The standard InChI is InChI=1S/C23H29N9O/c1-16(2)12-17-4-5-19(23-25-27-28-26-23)20(13-17)31-10-8-30(9-11-31)15-18-14-22(33)32-21(24-18)6-7-29(32)3/h4-7,13-14,16H,8-12,15H2,1-3H3,(H,25,26,27,28). The molecule has 5 rings (SSSR count). The van der Waals surface area contributed by atoms with Gasteiger partial charge < -0.3 is 4.90 Å². The average molecular weight is 448 g/mol. The highest BCUT2D eigenvalue weighted by atomic mass is 16.1. The van der Waals surface area contributed by atoms with Crippen LogP contribution in [0.25, 0.3) is 17.0 Å². The fourth-order valence-electron chi connectivity index (χ4n) is 4.57. The van der Waals surface area contributed by atoms with Crippen molar-refractivity contribution in [2.45, 2.75) is 26.8 Å². The maximum Gasteiger partial charge on any atom is 0.273 e. The number of aromatic nitrogens is 7. The molecule has 33 heavy (non-hydrogen) atoms. The molecule has 3 aromatic heterocycles. The molecule has 0 atom stereocenters. The van der Waals surface area contributed by atoms with Crippen molar-refractivity contribution in [2.24, 2.45) is 13.0 Å². The van der Waals surface area contributed by atoms with Gasteiger partial charge in [-0.3, -0.25) is 14.4 Å². The molecule has 1 aromatic carbocycles. The second-order valence-electron chi connectivity index (χ2n) is 9.09. The number of benzene rings is 1. The highest BCUT2D eigenvalue weighted by Gasteiger charge is 2.22. The van der Waals surface area contributed by atoms with E-state index in [0.29, 0.717) is 23.9 Å². The number of anilines is 1. The quantitative estimate of drug-likeness (QED) is 0.480. The number of H-pyrrole nitrogens is 1. The van der Waals surface area contributed by atoms with Gasteiger partial charge in [0, 0.05) is 69.4 Å². The first-order chi connectivity index (χ1) is 16.0. The lowest BCUT2D eigenvalue weighted by atomic mass is 9.99. The first-order valence-electron chi connectivity index (χ1n) is 11.4. The van der Waals surface area contributed by atoms with Crippen molar-refractivity contribution in [1.29, 1.82) is 0 Å². The Bertz CT molecular complexity index is 1300. The lowest BCUT2D eigenvalue weighted by Crippen LogP contribution is -2.46. The Hall–Kier alpha value is -3.53. The van der Waals surface area contributed by atoms with Crippen molar-refractivity contribution < 1.29 is 0 Å². The van der Waals surface area contributed by atoms with E-state index >= 15 is 0 Å². The van der Waals surface area contributed by atoms with E-state index < -0.39 is 0 Å². The van der Waals surface area contributed by atoms with Gasteiger partial charge in [0.1, 0.15) is 0 Å². The van der Waals surface area contributed by atoms with Crippen LogP contribution in [0, 0.1) is 5.92 Å². The van der Waals surface area contributed by atoms with Crippen LogP contribution in [0.3, 0.4) is 0 Å². The molecule has 10 heteroatoms. The van der Waals surface area contributed by atoms with E-state index in [2.05, 4.69) is 67.5 Å². The van der Waals surface area contributed by atoms with Gasteiger partial charge in [-0.15, -0.1) is 10.2 Å². The number of hydrogen-bond acceptors (Lipinski definition) is 7. The Labute approximate surface area is 191 Å². The van der Waals surface area contributed by atoms with Crippen molar-refractivity contribution in [3.8, 4) is 11.4 Å². The van der Waals surface area contributed by atoms with Crippen LogP contribution in [0.4, 0.5) is 5.69 Å². The molecular weight excluding hydrogens is 418 g/mol. The fourth-order valence-corrected chi connectivity index (χ4v) is 4.57. The molecule has 0 amide bonds. The summed E-state index contributed by atoms with van der Waals surface area (Å²) in [6.07, 6.45) is 2.88. The molecular formula is C23H29N9O. The van der Waals surface area contributed by atoms with Crippen molar-refractivity contribution in [2.75, 3.05) is 31.1 Å².